The van der Waals surface area contributed by atoms with Crippen molar-refractivity contribution in [2.45, 2.75) is 37.3 Å². The van der Waals surface area contributed by atoms with Gasteiger partial charge in [-0.25, -0.2) is 13.2 Å². The third kappa shape index (κ3) is 3.15. The summed E-state index contributed by atoms with van der Waals surface area (Å²) in [5.41, 5.74) is -0.399. The van der Waals surface area contributed by atoms with Crippen LogP contribution in [0.5, 0.6) is 0 Å². The molecule has 0 saturated carbocycles. The van der Waals surface area contributed by atoms with E-state index in [1.165, 1.54) is 12.1 Å². The second-order valence-electron chi connectivity index (χ2n) is 7.43. The molecular weight excluding hydrogens is 369 g/mol. The van der Waals surface area contributed by atoms with Gasteiger partial charge in [0, 0.05) is 31.1 Å². The third-order valence-electron chi connectivity index (χ3n) is 5.76. The molecule has 0 radical (unpaired) electrons. The molecule has 2 fully saturated rings. The van der Waals surface area contributed by atoms with Crippen molar-refractivity contribution in [1.29, 1.82) is 0 Å². The smallest absolute Gasteiger partial charge is 0.232 e. The number of hydrogen-bond acceptors (Lipinski definition) is 2. The van der Waals surface area contributed by atoms with Crippen molar-refractivity contribution in [2.75, 3.05) is 6.54 Å². The van der Waals surface area contributed by atoms with Crippen LogP contribution in [0.2, 0.25) is 0 Å². The number of benzene rings is 2. The highest BCUT2D eigenvalue weighted by molar-refractivity contribution is 5.91. The van der Waals surface area contributed by atoms with Gasteiger partial charge in [-0.1, -0.05) is 12.1 Å². The minimum atomic E-state index is -1.04. The van der Waals surface area contributed by atoms with Crippen LogP contribution in [0, 0.1) is 17.5 Å². The normalized spacial score (nSPS) is 23.8. The number of carbonyl (C=O) groups is 2. The highest BCUT2D eigenvalue weighted by atomic mass is 19.1. The van der Waals surface area contributed by atoms with Crippen LogP contribution in [0.1, 0.15) is 30.4 Å². The van der Waals surface area contributed by atoms with Crippen molar-refractivity contribution in [2.24, 2.45) is 0 Å². The van der Waals surface area contributed by atoms with E-state index in [2.05, 4.69) is 5.32 Å². The molecule has 1 N–H and O–H groups in total. The topological polar surface area (TPSA) is 49.4 Å². The minimum absolute atomic E-state index is 0.00189. The summed E-state index contributed by atoms with van der Waals surface area (Å²) in [5.74, 6) is -2.01. The van der Waals surface area contributed by atoms with E-state index in [0.29, 0.717) is 24.8 Å². The Kier molecular flexibility index (Phi) is 4.61. The van der Waals surface area contributed by atoms with Crippen LogP contribution >= 0.6 is 0 Å². The molecule has 0 bridgehead atoms. The summed E-state index contributed by atoms with van der Waals surface area (Å²) in [6, 6.07) is 8.66. The maximum Gasteiger partial charge on any atom is 0.232 e. The summed E-state index contributed by atoms with van der Waals surface area (Å²) in [5, 5.41) is 2.69. The maximum absolute atomic E-state index is 13.9. The molecular formula is C21H19F3N2O2. The van der Waals surface area contributed by atoms with Gasteiger partial charge in [0.2, 0.25) is 11.8 Å². The third-order valence-corrected chi connectivity index (χ3v) is 5.76. The Morgan fingerprint density at radius 1 is 1.11 bits per heavy atom. The molecule has 2 aromatic rings. The highest BCUT2D eigenvalue weighted by Gasteiger charge is 2.53. The zero-order chi connectivity index (χ0) is 19.9. The molecule has 2 amide bonds. The first-order valence-electron chi connectivity index (χ1n) is 9.17. The van der Waals surface area contributed by atoms with E-state index in [-0.39, 0.29) is 36.5 Å². The van der Waals surface area contributed by atoms with E-state index in [9.17, 15) is 22.8 Å². The Morgan fingerprint density at radius 3 is 2.54 bits per heavy atom. The summed E-state index contributed by atoms with van der Waals surface area (Å²) >= 11 is 0. The van der Waals surface area contributed by atoms with Gasteiger partial charge >= 0.3 is 0 Å². The van der Waals surface area contributed by atoms with Gasteiger partial charge in [0.1, 0.15) is 17.5 Å². The van der Waals surface area contributed by atoms with E-state index in [0.717, 1.165) is 18.2 Å². The van der Waals surface area contributed by atoms with Crippen LogP contribution in [0.25, 0.3) is 0 Å². The van der Waals surface area contributed by atoms with Crippen molar-refractivity contribution < 1.29 is 22.8 Å². The number of halogens is 3. The molecule has 2 heterocycles. The molecule has 28 heavy (non-hydrogen) atoms. The Morgan fingerprint density at radius 2 is 1.82 bits per heavy atom. The molecule has 146 valence electrons. The summed E-state index contributed by atoms with van der Waals surface area (Å²) in [7, 11) is 0. The van der Waals surface area contributed by atoms with Crippen molar-refractivity contribution in [3.05, 3.63) is 71.0 Å². The zero-order valence-electron chi connectivity index (χ0n) is 15.1. The molecule has 2 aliphatic rings. The Hall–Kier alpha value is -2.83. The van der Waals surface area contributed by atoms with Crippen molar-refractivity contribution in [3.8, 4) is 0 Å². The fourth-order valence-corrected chi connectivity index (χ4v) is 4.28. The second-order valence-corrected chi connectivity index (χ2v) is 7.43. The molecule has 0 aliphatic carbocycles. The van der Waals surface area contributed by atoms with Crippen LogP contribution in [0.15, 0.2) is 42.5 Å². The van der Waals surface area contributed by atoms with Crippen LogP contribution in [-0.2, 0) is 21.5 Å². The lowest BCUT2D eigenvalue weighted by Gasteiger charge is -2.29. The predicted molar refractivity (Wildman–Crippen MR) is 95.6 cm³/mol. The fourth-order valence-electron chi connectivity index (χ4n) is 4.28. The van der Waals surface area contributed by atoms with Gasteiger partial charge in [0.15, 0.2) is 0 Å². The number of nitrogens with one attached hydrogen (secondary N) is 1. The molecule has 2 atom stereocenters. The van der Waals surface area contributed by atoms with Gasteiger partial charge < -0.3 is 10.2 Å². The van der Waals surface area contributed by atoms with Crippen molar-refractivity contribution >= 4 is 11.8 Å². The molecule has 0 aromatic heterocycles. The van der Waals surface area contributed by atoms with Crippen LogP contribution in [0.3, 0.4) is 0 Å². The van der Waals surface area contributed by atoms with Gasteiger partial charge in [-0.05, 0) is 48.7 Å². The summed E-state index contributed by atoms with van der Waals surface area (Å²) in [6.45, 7) is 0.0174. The SMILES string of the molecule is O=C1CC[C@H]2C[C@@](C(=O)NCc3cc(F)ccc3F)(c3ccc(F)cc3)CN12. The standard InChI is InChI=1S/C21H19F3N2O2/c22-15-3-1-14(2-4-15)21(10-17-6-8-19(27)26(17)12-21)20(28)25-11-13-9-16(23)5-7-18(13)24/h1-5,7,9,17H,6,8,10-12H2,(H,25,28)/t17-,21-/m0/s1. The van der Waals surface area contributed by atoms with Crippen molar-refractivity contribution in [3.63, 3.8) is 0 Å². The predicted octanol–water partition coefficient (Wildman–Crippen LogP) is 3.05. The number of amides is 2. The molecule has 7 heteroatoms. The molecule has 0 unspecified atom stereocenters. The van der Waals surface area contributed by atoms with Gasteiger partial charge in [-0.3, -0.25) is 9.59 Å². The van der Waals surface area contributed by atoms with E-state index < -0.39 is 22.9 Å². The Bertz CT molecular complexity index is 932. The van der Waals surface area contributed by atoms with E-state index in [1.54, 1.807) is 17.0 Å². The number of hydrogen-bond donors (Lipinski definition) is 1. The largest absolute Gasteiger partial charge is 0.351 e. The number of fused-ring (bicyclic) bond motifs is 1. The van der Waals surface area contributed by atoms with Gasteiger partial charge in [0.05, 0.1) is 5.41 Å². The average molecular weight is 388 g/mol. The van der Waals surface area contributed by atoms with E-state index >= 15 is 0 Å². The van der Waals surface area contributed by atoms with Crippen molar-refractivity contribution in [1.82, 2.24) is 10.2 Å². The highest BCUT2D eigenvalue weighted by Crippen LogP contribution is 2.43. The van der Waals surface area contributed by atoms with Crippen LogP contribution < -0.4 is 5.32 Å². The zero-order valence-corrected chi connectivity index (χ0v) is 15.1. The fraction of sp³-hybridized carbons (Fsp3) is 0.333. The van der Waals surface area contributed by atoms with Gasteiger partial charge in [-0.15, -0.1) is 0 Å². The second kappa shape index (κ2) is 6.96. The molecule has 2 aliphatic heterocycles. The quantitative estimate of drug-likeness (QED) is 0.875. The first-order chi connectivity index (χ1) is 13.4. The minimum Gasteiger partial charge on any atom is -0.351 e. The molecule has 2 saturated heterocycles. The molecule has 0 spiro atoms. The lowest BCUT2D eigenvalue weighted by atomic mass is 9.77. The summed E-state index contributed by atoms with van der Waals surface area (Å²) in [4.78, 5) is 27.1. The van der Waals surface area contributed by atoms with E-state index in [4.69, 9.17) is 0 Å². The molecule has 2 aromatic carbocycles. The maximum atomic E-state index is 13.9. The van der Waals surface area contributed by atoms with Crippen LogP contribution in [0.4, 0.5) is 13.2 Å². The Labute approximate surface area is 160 Å². The average Bonchev–Trinajstić information content (AvgIpc) is 3.22. The summed E-state index contributed by atoms with van der Waals surface area (Å²) < 4.78 is 40.7. The lowest BCUT2D eigenvalue weighted by Crippen LogP contribution is -2.46. The number of nitrogens with zero attached hydrogens (tertiary/aromatic N) is 1. The number of rotatable bonds is 4. The monoisotopic (exact) mass is 388 g/mol. The summed E-state index contributed by atoms with van der Waals surface area (Å²) in [6.07, 6.45) is 1.55. The number of carbonyl (C=O) groups excluding carboxylic acids is 2. The van der Waals surface area contributed by atoms with Gasteiger partial charge in [0.25, 0.3) is 0 Å². The first-order valence-corrected chi connectivity index (χ1v) is 9.17. The first kappa shape index (κ1) is 18.5. The lowest BCUT2D eigenvalue weighted by molar-refractivity contribution is -0.129. The van der Waals surface area contributed by atoms with Gasteiger partial charge in [-0.2, -0.15) is 0 Å². The Balaban J connectivity index is 1.62. The van der Waals surface area contributed by atoms with E-state index in [1.807, 2.05) is 0 Å². The molecule has 4 nitrogen and oxygen atoms in total. The molecule has 4 rings (SSSR count). The van der Waals surface area contributed by atoms with Crippen LogP contribution in [-0.4, -0.2) is 29.3 Å².